The molecule has 0 saturated carbocycles. The molecule has 0 saturated heterocycles. The van der Waals surface area contributed by atoms with Gasteiger partial charge in [0.1, 0.15) is 16.5 Å². The Bertz CT molecular complexity index is 658. The Morgan fingerprint density at radius 2 is 1.80 bits per heavy atom. The predicted molar refractivity (Wildman–Crippen MR) is 79.8 cm³/mol. The minimum Gasteiger partial charge on any atom is -0.508 e. The second-order valence-electron chi connectivity index (χ2n) is 4.04. The minimum atomic E-state index is -0.125. The molecule has 0 atom stereocenters. The van der Waals surface area contributed by atoms with Crippen LogP contribution in [-0.2, 0) is 0 Å². The smallest absolute Gasteiger partial charge is 0.160 e. The molecule has 2 aromatic rings. The first-order chi connectivity index (χ1) is 9.51. The van der Waals surface area contributed by atoms with E-state index >= 15 is 0 Å². The number of aromatic hydroxyl groups is 3. The Kier molecular flexibility index (Phi) is 3.95. The summed E-state index contributed by atoms with van der Waals surface area (Å²) >= 11 is 5.17. The zero-order chi connectivity index (χ0) is 14.7. The predicted octanol–water partition coefficient (Wildman–Crippen LogP) is 2.60. The molecule has 0 radical (unpaired) electrons. The molecular formula is C14H13NO4S. The summed E-state index contributed by atoms with van der Waals surface area (Å²) in [6.45, 7) is 0. The van der Waals surface area contributed by atoms with Gasteiger partial charge < -0.3 is 25.4 Å². The van der Waals surface area contributed by atoms with E-state index in [1.165, 1.54) is 31.4 Å². The van der Waals surface area contributed by atoms with Gasteiger partial charge in [0.25, 0.3) is 0 Å². The van der Waals surface area contributed by atoms with Crippen LogP contribution in [0.15, 0.2) is 36.4 Å². The molecule has 6 heteroatoms. The first-order valence-corrected chi connectivity index (χ1v) is 6.12. The number of anilines is 1. The van der Waals surface area contributed by atoms with Crippen LogP contribution in [-0.4, -0.2) is 27.4 Å². The van der Waals surface area contributed by atoms with Crippen LogP contribution in [0.3, 0.4) is 0 Å². The highest BCUT2D eigenvalue weighted by molar-refractivity contribution is 7.81. The number of methoxy groups -OCH3 is 1. The van der Waals surface area contributed by atoms with Gasteiger partial charge in [-0.05, 0) is 24.3 Å². The normalized spacial score (nSPS) is 10.1. The number of thiocarbonyl (C=S) groups is 1. The van der Waals surface area contributed by atoms with Gasteiger partial charge in [-0.1, -0.05) is 12.2 Å². The fourth-order valence-corrected chi connectivity index (χ4v) is 1.97. The number of hydrogen-bond acceptors (Lipinski definition) is 5. The summed E-state index contributed by atoms with van der Waals surface area (Å²) in [4.78, 5) is 0.270. The van der Waals surface area contributed by atoms with Crippen LogP contribution >= 0.6 is 12.2 Å². The third-order valence-electron chi connectivity index (χ3n) is 2.66. The van der Waals surface area contributed by atoms with Crippen LogP contribution in [0, 0.1) is 0 Å². The first kappa shape index (κ1) is 14.0. The van der Waals surface area contributed by atoms with Crippen LogP contribution in [0.1, 0.15) is 5.56 Å². The van der Waals surface area contributed by atoms with Crippen molar-refractivity contribution in [2.75, 3.05) is 12.4 Å². The number of rotatable bonds is 3. The van der Waals surface area contributed by atoms with E-state index in [9.17, 15) is 15.3 Å². The molecule has 0 aromatic heterocycles. The van der Waals surface area contributed by atoms with Crippen molar-refractivity contribution in [3.05, 3.63) is 42.0 Å². The minimum absolute atomic E-state index is 0.0183. The van der Waals surface area contributed by atoms with Gasteiger partial charge in [0.2, 0.25) is 0 Å². The van der Waals surface area contributed by atoms with Crippen molar-refractivity contribution in [2.45, 2.75) is 0 Å². The van der Waals surface area contributed by atoms with Crippen LogP contribution in [0.5, 0.6) is 23.0 Å². The monoisotopic (exact) mass is 291 g/mol. The molecule has 0 unspecified atom stereocenters. The highest BCUT2D eigenvalue weighted by Gasteiger charge is 2.09. The topological polar surface area (TPSA) is 82.0 Å². The average molecular weight is 291 g/mol. The van der Waals surface area contributed by atoms with E-state index in [4.69, 9.17) is 17.0 Å². The zero-order valence-electron chi connectivity index (χ0n) is 10.6. The van der Waals surface area contributed by atoms with E-state index in [2.05, 4.69) is 5.32 Å². The highest BCUT2D eigenvalue weighted by Crippen LogP contribution is 2.29. The largest absolute Gasteiger partial charge is 0.508 e. The molecule has 5 nitrogen and oxygen atoms in total. The van der Waals surface area contributed by atoms with Gasteiger partial charge in [-0.2, -0.15) is 0 Å². The van der Waals surface area contributed by atoms with E-state index in [-0.39, 0.29) is 22.2 Å². The van der Waals surface area contributed by atoms with Crippen molar-refractivity contribution >= 4 is 22.9 Å². The molecule has 0 spiro atoms. The molecule has 0 bridgehead atoms. The van der Waals surface area contributed by atoms with Crippen molar-refractivity contribution in [1.82, 2.24) is 0 Å². The number of benzene rings is 2. The number of phenolic OH excluding ortho intramolecular Hbond substituents is 3. The van der Waals surface area contributed by atoms with Crippen molar-refractivity contribution in [3.8, 4) is 23.0 Å². The highest BCUT2D eigenvalue weighted by atomic mass is 32.1. The maximum absolute atomic E-state index is 9.72. The summed E-state index contributed by atoms with van der Waals surface area (Å²) < 4.78 is 4.94. The van der Waals surface area contributed by atoms with E-state index < -0.39 is 0 Å². The second-order valence-corrected chi connectivity index (χ2v) is 4.45. The molecular weight excluding hydrogens is 278 g/mol. The molecule has 0 amide bonds. The van der Waals surface area contributed by atoms with Crippen molar-refractivity contribution in [3.63, 3.8) is 0 Å². The van der Waals surface area contributed by atoms with Gasteiger partial charge >= 0.3 is 0 Å². The van der Waals surface area contributed by atoms with Crippen molar-refractivity contribution < 1.29 is 20.1 Å². The summed E-state index contributed by atoms with van der Waals surface area (Å²) in [6.07, 6.45) is 0. The Morgan fingerprint density at radius 3 is 2.40 bits per heavy atom. The molecule has 0 heterocycles. The van der Waals surface area contributed by atoms with Gasteiger partial charge in [-0.15, -0.1) is 0 Å². The van der Waals surface area contributed by atoms with Gasteiger partial charge in [0, 0.05) is 17.8 Å². The maximum atomic E-state index is 9.72. The Labute approximate surface area is 121 Å². The molecule has 2 rings (SSSR count). The Hall–Kier alpha value is -2.47. The fourth-order valence-electron chi connectivity index (χ4n) is 1.68. The Balaban J connectivity index is 2.21. The number of nitrogens with one attached hydrogen (secondary N) is 1. The molecule has 2 aromatic carbocycles. The molecule has 0 fully saturated rings. The second kappa shape index (κ2) is 5.66. The zero-order valence-corrected chi connectivity index (χ0v) is 11.4. The summed E-state index contributed by atoms with van der Waals surface area (Å²) in [5, 5.41) is 31.5. The van der Waals surface area contributed by atoms with Gasteiger partial charge in [0.05, 0.1) is 12.7 Å². The van der Waals surface area contributed by atoms with Crippen molar-refractivity contribution in [2.24, 2.45) is 0 Å². The molecule has 0 aliphatic carbocycles. The lowest BCUT2D eigenvalue weighted by molar-refractivity contribution is 0.373. The van der Waals surface area contributed by atoms with E-state index in [0.29, 0.717) is 17.0 Å². The van der Waals surface area contributed by atoms with Crippen LogP contribution in [0.25, 0.3) is 0 Å². The van der Waals surface area contributed by atoms with Gasteiger partial charge in [-0.25, -0.2) is 0 Å². The molecule has 4 N–H and O–H groups in total. The lowest BCUT2D eigenvalue weighted by Gasteiger charge is -2.11. The van der Waals surface area contributed by atoms with Gasteiger partial charge in [0.15, 0.2) is 11.5 Å². The lowest BCUT2D eigenvalue weighted by Crippen LogP contribution is -2.10. The number of hydrogen-bond donors (Lipinski definition) is 4. The van der Waals surface area contributed by atoms with E-state index in [1.807, 2.05) is 0 Å². The molecule has 0 aliphatic heterocycles. The average Bonchev–Trinajstić information content (AvgIpc) is 2.38. The maximum Gasteiger partial charge on any atom is 0.160 e. The quantitative estimate of drug-likeness (QED) is 0.651. The van der Waals surface area contributed by atoms with E-state index in [1.54, 1.807) is 12.1 Å². The standard InChI is InChI=1S/C14H13NO4S/c1-19-13-5-2-8(6-12(13)18)15-14(20)10-4-3-9(16)7-11(10)17/h2-7,16-18H,1H3,(H,15,20). The number of phenols is 3. The van der Waals surface area contributed by atoms with E-state index in [0.717, 1.165) is 0 Å². The summed E-state index contributed by atoms with van der Waals surface area (Å²) in [6, 6.07) is 8.87. The Morgan fingerprint density at radius 1 is 1.05 bits per heavy atom. The first-order valence-electron chi connectivity index (χ1n) is 5.71. The molecule has 104 valence electrons. The molecule has 0 aliphatic rings. The third-order valence-corrected chi connectivity index (χ3v) is 2.98. The van der Waals surface area contributed by atoms with Crippen molar-refractivity contribution in [1.29, 1.82) is 0 Å². The summed E-state index contributed by atoms with van der Waals surface area (Å²) in [7, 11) is 1.46. The summed E-state index contributed by atoms with van der Waals surface area (Å²) in [5.74, 6) is 0.167. The number of ether oxygens (including phenoxy) is 1. The van der Waals surface area contributed by atoms with Crippen LogP contribution in [0.4, 0.5) is 5.69 Å². The third kappa shape index (κ3) is 2.92. The molecule has 20 heavy (non-hydrogen) atoms. The van der Waals surface area contributed by atoms with Crippen LogP contribution < -0.4 is 10.1 Å². The lowest BCUT2D eigenvalue weighted by atomic mass is 10.2. The summed E-state index contributed by atoms with van der Waals surface area (Å²) in [5.41, 5.74) is 0.939. The SMILES string of the molecule is COc1ccc(NC(=S)c2ccc(O)cc2O)cc1O. The van der Waals surface area contributed by atoms with Crippen LogP contribution in [0.2, 0.25) is 0 Å². The fraction of sp³-hybridized carbons (Fsp3) is 0.0714. The van der Waals surface area contributed by atoms with Gasteiger partial charge in [-0.3, -0.25) is 0 Å².